The number of carbonyl (C=O) groups excluding carboxylic acids is 1. The summed E-state index contributed by atoms with van der Waals surface area (Å²) in [4.78, 5) is 11.5. The average molecular weight is 433 g/mol. The van der Waals surface area contributed by atoms with Gasteiger partial charge < -0.3 is 15.2 Å². The van der Waals surface area contributed by atoms with Crippen LogP contribution in [0.1, 0.15) is 18.3 Å². The fourth-order valence-electron chi connectivity index (χ4n) is 2.49. The van der Waals surface area contributed by atoms with Crippen molar-refractivity contribution in [2.24, 2.45) is 5.73 Å². The highest BCUT2D eigenvalue weighted by molar-refractivity contribution is 8.00. The van der Waals surface area contributed by atoms with Gasteiger partial charge in [0.05, 0.1) is 18.0 Å². The molecule has 1 aromatic heterocycles. The molecule has 0 radical (unpaired) electrons. The van der Waals surface area contributed by atoms with Crippen LogP contribution in [0.5, 0.6) is 11.5 Å². The van der Waals surface area contributed by atoms with Crippen molar-refractivity contribution >= 4 is 29.3 Å². The lowest BCUT2D eigenvalue weighted by atomic mass is 10.2. The number of hydrogen-bond acceptors (Lipinski definition) is 6. The van der Waals surface area contributed by atoms with Crippen LogP contribution < -0.4 is 15.2 Å². The Morgan fingerprint density at radius 3 is 2.52 bits per heavy atom. The third-order valence-electron chi connectivity index (χ3n) is 4.22. The molecule has 0 saturated carbocycles. The Morgan fingerprint density at radius 2 is 1.90 bits per heavy atom. The van der Waals surface area contributed by atoms with Gasteiger partial charge in [0.1, 0.15) is 18.1 Å². The van der Waals surface area contributed by atoms with Crippen LogP contribution in [0.25, 0.3) is 5.69 Å². The van der Waals surface area contributed by atoms with Gasteiger partial charge in [0.15, 0.2) is 11.0 Å². The topological polar surface area (TPSA) is 92.3 Å². The Hall–Kier alpha value is -2.71. The SMILES string of the molecule is COc1ccc(OCc2nnc(SC(C)C(N)=O)n2-c2ccc(C)c(Cl)c2)cc1. The van der Waals surface area contributed by atoms with E-state index in [2.05, 4.69) is 10.2 Å². The first-order chi connectivity index (χ1) is 13.9. The summed E-state index contributed by atoms with van der Waals surface area (Å²) >= 11 is 7.55. The van der Waals surface area contributed by atoms with Crippen LogP contribution in [0, 0.1) is 6.92 Å². The second-order valence-corrected chi connectivity index (χ2v) is 8.01. The van der Waals surface area contributed by atoms with Gasteiger partial charge in [-0.25, -0.2) is 0 Å². The zero-order chi connectivity index (χ0) is 21.0. The number of carbonyl (C=O) groups is 1. The average Bonchev–Trinajstić information content (AvgIpc) is 3.11. The van der Waals surface area contributed by atoms with Gasteiger partial charge in [0.25, 0.3) is 0 Å². The number of nitrogens with two attached hydrogens (primary N) is 1. The number of halogens is 1. The molecule has 0 aliphatic heterocycles. The summed E-state index contributed by atoms with van der Waals surface area (Å²) < 4.78 is 12.8. The van der Waals surface area contributed by atoms with E-state index in [4.69, 9.17) is 26.8 Å². The van der Waals surface area contributed by atoms with Gasteiger partial charge in [-0.15, -0.1) is 10.2 Å². The highest BCUT2D eigenvalue weighted by Gasteiger charge is 2.20. The van der Waals surface area contributed by atoms with E-state index in [9.17, 15) is 4.79 Å². The van der Waals surface area contributed by atoms with Gasteiger partial charge in [-0.3, -0.25) is 9.36 Å². The zero-order valence-corrected chi connectivity index (χ0v) is 17.8. The summed E-state index contributed by atoms with van der Waals surface area (Å²) in [6, 6.07) is 12.9. The molecule has 0 fully saturated rings. The molecule has 9 heteroatoms. The van der Waals surface area contributed by atoms with Crippen molar-refractivity contribution in [2.45, 2.75) is 30.9 Å². The lowest BCUT2D eigenvalue weighted by molar-refractivity contribution is -0.117. The van der Waals surface area contributed by atoms with Crippen molar-refractivity contribution < 1.29 is 14.3 Å². The number of aryl methyl sites for hydroxylation is 1. The molecule has 0 aliphatic rings. The minimum Gasteiger partial charge on any atom is -0.497 e. The van der Waals surface area contributed by atoms with E-state index in [1.54, 1.807) is 14.0 Å². The van der Waals surface area contributed by atoms with Crippen molar-refractivity contribution in [3.8, 4) is 17.2 Å². The monoisotopic (exact) mass is 432 g/mol. The van der Waals surface area contributed by atoms with E-state index in [-0.39, 0.29) is 6.61 Å². The molecule has 152 valence electrons. The lowest BCUT2D eigenvalue weighted by Gasteiger charge is -2.13. The van der Waals surface area contributed by atoms with Gasteiger partial charge in [-0.2, -0.15) is 0 Å². The van der Waals surface area contributed by atoms with E-state index in [1.807, 2.05) is 54.0 Å². The lowest BCUT2D eigenvalue weighted by Crippen LogP contribution is -2.23. The highest BCUT2D eigenvalue weighted by atomic mass is 35.5. The summed E-state index contributed by atoms with van der Waals surface area (Å²) in [5, 5.41) is 9.18. The zero-order valence-electron chi connectivity index (χ0n) is 16.3. The molecule has 1 atom stereocenters. The largest absolute Gasteiger partial charge is 0.497 e. The number of ether oxygens (including phenoxy) is 2. The van der Waals surface area contributed by atoms with Crippen molar-refractivity contribution in [2.75, 3.05) is 7.11 Å². The summed E-state index contributed by atoms with van der Waals surface area (Å²) in [5.74, 6) is 1.55. The predicted molar refractivity (Wildman–Crippen MR) is 113 cm³/mol. The maximum absolute atomic E-state index is 11.5. The first kappa shape index (κ1) is 21.0. The minimum atomic E-state index is -0.464. The van der Waals surface area contributed by atoms with Crippen molar-refractivity contribution in [3.63, 3.8) is 0 Å². The number of nitrogens with zero attached hydrogens (tertiary/aromatic N) is 3. The van der Waals surface area contributed by atoms with Crippen molar-refractivity contribution in [1.82, 2.24) is 14.8 Å². The van der Waals surface area contributed by atoms with E-state index in [1.165, 1.54) is 11.8 Å². The molecule has 0 aliphatic carbocycles. The molecule has 3 rings (SSSR count). The maximum Gasteiger partial charge on any atom is 0.230 e. The number of primary amides is 1. The number of methoxy groups -OCH3 is 1. The predicted octanol–water partition coefficient (Wildman–Crippen LogP) is 3.78. The van der Waals surface area contributed by atoms with Crippen molar-refractivity contribution in [1.29, 1.82) is 0 Å². The van der Waals surface area contributed by atoms with Crippen LogP contribution in [0.15, 0.2) is 47.6 Å². The Kier molecular flexibility index (Phi) is 6.66. The van der Waals surface area contributed by atoms with Crippen LogP contribution in [-0.2, 0) is 11.4 Å². The molecular weight excluding hydrogens is 412 g/mol. The standard InChI is InChI=1S/C20H21ClN4O3S/c1-12-4-5-14(10-17(12)21)25-18(23-24-20(25)29-13(2)19(22)26)11-28-16-8-6-15(27-3)7-9-16/h4-10,13H,11H2,1-3H3,(H2,22,26). The van der Waals surface area contributed by atoms with Gasteiger partial charge >= 0.3 is 0 Å². The first-order valence-corrected chi connectivity index (χ1v) is 10.1. The molecule has 29 heavy (non-hydrogen) atoms. The van der Waals surface area contributed by atoms with Gasteiger partial charge in [-0.1, -0.05) is 29.4 Å². The molecule has 0 spiro atoms. The number of thioether (sulfide) groups is 1. The van der Waals surface area contributed by atoms with E-state index < -0.39 is 11.2 Å². The number of benzene rings is 2. The third-order valence-corrected chi connectivity index (χ3v) is 5.69. The Bertz CT molecular complexity index is 1010. The van der Waals surface area contributed by atoms with Crippen LogP contribution >= 0.6 is 23.4 Å². The summed E-state index contributed by atoms with van der Waals surface area (Å²) in [6.07, 6.45) is 0. The molecule has 3 aromatic rings. The Morgan fingerprint density at radius 1 is 1.21 bits per heavy atom. The molecule has 0 saturated heterocycles. The first-order valence-electron chi connectivity index (χ1n) is 8.82. The number of rotatable bonds is 8. The fourth-order valence-corrected chi connectivity index (χ4v) is 3.50. The molecule has 7 nitrogen and oxygen atoms in total. The number of amides is 1. The van der Waals surface area contributed by atoms with Gasteiger partial charge in [0, 0.05) is 5.02 Å². The second kappa shape index (κ2) is 9.19. The molecular formula is C20H21ClN4O3S. The minimum absolute atomic E-state index is 0.177. The van der Waals surface area contributed by atoms with Crippen LogP contribution in [-0.4, -0.2) is 33.0 Å². The summed E-state index contributed by atoms with van der Waals surface area (Å²) in [6.45, 7) is 3.83. The Balaban J connectivity index is 1.91. The number of aromatic nitrogens is 3. The highest BCUT2D eigenvalue weighted by Crippen LogP contribution is 2.28. The van der Waals surface area contributed by atoms with E-state index in [0.29, 0.717) is 21.8 Å². The summed E-state index contributed by atoms with van der Waals surface area (Å²) in [5.41, 5.74) is 7.14. The van der Waals surface area contributed by atoms with Crippen LogP contribution in [0.4, 0.5) is 0 Å². The van der Waals surface area contributed by atoms with Crippen molar-refractivity contribution in [3.05, 3.63) is 58.9 Å². The van der Waals surface area contributed by atoms with Gasteiger partial charge in [0.2, 0.25) is 5.91 Å². The third kappa shape index (κ3) is 5.02. The van der Waals surface area contributed by atoms with Crippen LogP contribution in [0.2, 0.25) is 5.02 Å². The normalized spacial score (nSPS) is 11.9. The molecule has 1 unspecified atom stereocenters. The fraction of sp³-hybridized carbons (Fsp3) is 0.250. The quantitative estimate of drug-likeness (QED) is 0.544. The Labute approximate surface area is 178 Å². The van der Waals surface area contributed by atoms with Crippen LogP contribution in [0.3, 0.4) is 0 Å². The molecule has 1 heterocycles. The summed E-state index contributed by atoms with van der Waals surface area (Å²) in [7, 11) is 1.61. The van der Waals surface area contributed by atoms with E-state index >= 15 is 0 Å². The smallest absolute Gasteiger partial charge is 0.230 e. The maximum atomic E-state index is 11.5. The van der Waals surface area contributed by atoms with E-state index in [0.717, 1.165) is 17.0 Å². The van der Waals surface area contributed by atoms with Gasteiger partial charge in [-0.05, 0) is 55.8 Å². The second-order valence-electron chi connectivity index (χ2n) is 6.29. The molecule has 2 aromatic carbocycles. The number of hydrogen-bond donors (Lipinski definition) is 1. The molecule has 2 N–H and O–H groups in total. The molecule has 0 bridgehead atoms. The molecule has 1 amide bonds.